The van der Waals surface area contributed by atoms with Gasteiger partial charge in [-0.25, -0.2) is 61.5 Å². The van der Waals surface area contributed by atoms with Crippen LogP contribution in [0, 0.1) is 70.1 Å². The molecule has 15 rings (SSSR count). The Kier molecular flexibility index (Phi) is 26.6. The lowest BCUT2D eigenvalue weighted by molar-refractivity contribution is -0.0870. The number of nitrogens with one attached hydrogen (secondary N) is 3. The molecule has 0 saturated carbocycles. The van der Waals surface area contributed by atoms with E-state index in [0.29, 0.717) is 107 Å². The molecule has 15 nitrogen and oxygen atoms in total. The molecular formula is C88H105F14N9O6. The number of aliphatic hydroxyl groups is 6. The monoisotopic (exact) mass is 1650 g/mol. The molecule has 0 aliphatic carbocycles. The maximum absolute atomic E-state index is 15.9. The minimum absolute atomic E-state index is 0.101. The fraction of sp³-hybridized carbons (Fsp3) is 0.523. The van der Waals surface area contributed by atoms with Crippen LogP contribution in [0.3, 0.4) is 0 Å². The summed E-state index contributed by atoms with van der Waals surface area (Å²) in [5.41, 5.74) is 1.93. The van der Waals surface area contributed by atoms with E-state index in [1.165, 1.54) is 77.4 Å². The molecule has 9 N–H and O–H groups in total. The fourth-order valence-electron chi connectivity index (χ4n) is 18.4. The van der Waals surface area contributed by atoms with Gasteiger partial charge in [-0.05, 0) is 210 Å². The van der Waals surface area contributed by atoms with Gasteiger partial charge < -0.3 is 60.3 Å². The largest absolute Gasteiger partial charge is 0.393 e. The highest BCUT2D eigenvalue weighted by Gasteiger charge is 2.49. The molecule has 10 atom stereocenters. The number of likely N-dealkylation sites (tertiary alicyclic amines) is 3. The molecule has 6 aliphatic heterocycles. The number of H-pyrrole nitrogens is 3. The maximum Gasteiger partial charge on any atom is 0.283 e. The van der Waals surface area contributed by atoms with Crippen LogP contribution in [0.5, 0.6) is 0 Å². The van der Waals surface area contributed by atoms with Gasteiger partial charge in [0.25, 0.3) is 11.8 Å². The number of benzene rings is 6. The van der Waals surface area contributed by atoms with E-state index >= 15 is 30.7 Å². The molecule has 0 bridgehead atoms. The number of alkyl halides is 5. The number of aliphatic hydroxyl groups excluding tert-OH is 6. The van der Waals surface area contributed by atoms with Crippen LogP contribution in [0.2, 0.25) is 0 Å². The number of fused-ring (bicyclic) bond motifs is 9. The third-order valence-corrected chi connectivity index (χ3v) is 24.8. The van der Waals surface area contributed by atoms with E-state index in [1.807, 2.05) is 6.92 Å². The Bertz CT molecular complexity index is 4430. The highest BCUT2D eigenvalue weighted by atomic mass is 19.3. The highest BCUT2D eigenvalue weighted by Crippen LogP contribution is 2.49. The lowest BCUT2D eigenvalue weighted by atomic mass is 9.85. The van der Waals surface area contributed by atoms with Crippen molar-refractivity contribution in [3.8, 4) is 0 Å². The van der Waals surface area contributed by atoms with E-state index in [2.05, 4.69) is 50.4 Å². The zero-order valence-corrected chi connectivity index (χ0v) is 66.7. The molecular weight excluding hydrogens is 1540 g/mol. The first kappa shape index (κ1) is 87.3. The zero-order chi connectivity index (χ0) is 84.2. The highest BCUT2D eigenvalue weighted by molar-refractivity contribution is 5.87. The predicted molar refractivity (Wildman–Crippen MR) is 419 cm³/mol. The smallest absolute Gasteiger partial charge is 0.283 e. The number of aromatic nitrogens is 3. The van der Waals surface area contributed by atoms with Gasteiger partial charge in [0, 0.05) is 148 Å². The van der Waals surface area contributed by atoms with E-state index in [0.717, 1.165) is 88.0 Å². The number of hydrogen-bond acceptors (Lipinski definition) is 12. The standard InChI is InChI=1S/C30H37F4N3O2.2C29H34F5N3O2/c1-4-5-8-36-13-19(14-36)29(39)18-10-23(32)26(24(33)11-18)28-27-22(21-12-20(31)6-7-25(21)35-27)9-17(2)37(28)15-30(3,34)16-38;2*1-3-4-7-36-12-18(13-36)28(39)17-9-22(31)25(23(32)10-17)27-26-21(20-11-19(30)5-6-24(20)35-26)8-16(2)37(27)14-29(33,34)15-38/h6-7,10-12,17,19,28-29,35,38-39H,4-5,8-9,13-16H2,1-3H3;2*5-6,9-11,16,18,27-28,35,38-39H,3-4,7-8,12-15H2,1-2H3/t17-,28-,29?,30?;16-,27-,28+;16-,27-,28-/m111/s1. The van der Waals surface area contributed by atoms with Crippen LogP contribution in [0.4, 0.5) is 61.5 Å². The van der Waals surface area contributed by atoms with Gasteiger partial charge in [0.05, 0.1) is 56.1 Å². The number of nitrogens with zero attached hydrogens (tertiary/aromatic N) is 6. The molecule has 0 radical (unpaired) electrons. The van der Waals surface area contributed by atoms with E-state index in [4.69, 9.17) is 0 Å². The predicted octanol–water partition coefficient (Wildman–Crippen LogP) is 16.0. The summed E-state index contributed by atoms with van der Waals surface area (Å²) >= 11 is 0. The number of unbranched alkanes of at least 4 members (excludes halogenated alkanes) is 3. The Labute approximate surface area is 671 Å². The second-order valence-corrected chi connectivity index (χ2v) is 33.8. The average molecular weight is 1650 g/mol. The van der Waals surface area contributed by atoms with E-state index in [9.17, 15) is 61.4 Å². The first-order valence-corrected chi connectivity index (χ1v) is 40.7. The molecule has 3 fully saturated rings. The van der Waals surface area contributed by atoms with Crippen LogP contribution in [0.1, 0.15) is 191 Å². The number of halogens is 14. The van der Waals surface area contributed by atoms with Crippen molar-refractivity contribution in [2.75, 3.05) is 98.4 Å². The molecule has 117 heavy (non-hydrogen) atoms. The average Bonchev–Trinajstić information content (AvgIpc) is 1.62. The third-order valence-electron chi connectivity index (χ3n) is 24.8. The zero-order valence-electron chi connectivity index (χ0n) is 66.7. The Morgan fingerprint density at radius 2 is 0.641 bits per heavy atom. The van der Waals surface area contributed by atoms with Crippen molar-refractivity contribution in [3.05, 3.63) is 211 Å². The second kappa shape index (κ2) is 35.7. The van der Waals surface area contributed by atoms with Crippen molar-refractivity contribution in [1.29, 1.82) is 0 Å². The first-order valence-electron chi connectivity index (χ1n) is 40.7. The van der Waals surface area contributed by atoms with Crippen LogP contribution < -0.4 is 0 Å². The van der Waals surface area contributed by atoms with Crippen LogP contribution in [0.25, 0.3) is 32.7 Å². The van der Waals surface area contributed by atoms with Crippen molar-refractivity contribution in [2.45, 2.75) is 178 Å². The van der Waals surface area contributed by atoms with E-state index in [-0.39, 0.29) is 65.4 Å². The van der Waals surface area contributed by atoms with Crippen molar-refractivity contribution >= 4 is 32.7 Å². The first-order chi connectivity index (χ1) is 55.6. The van der Waals surface area contributed by atoms with E-state index in [1.54, 1.807) is 24.8 Å². The molecule has 29 heteroatoms. The van der Waals surface area contributed by atoms with Gasteiger partial charge in [0.1, 0.15) is 71.2 Å². The van der Waals surface area contributed by atoms with Gasteiger partial charge in [0.15, 0.2) is 0 Å². The minimum Gasteiger partial charge on any atom is -0.393 e. The Morgan fingerprint density at radius 1 is 0.385 bits per heavy atom. The quantitative estimate of drug-likeness (QED) is 0.0222. The van der Waals surface area contributed by atoms with Gasteiger partial charge in [-0.1, -0.05) is 40.0 Å². The number of rotatable bonds is 27. The van der Waals surface area contributed by atoms with Gasteiger partial charge in [-0.2, -0.15) is 0 Å². The lowest BCUT2D eigenvalue weighted by Crippen LogP contribution is -2.50. The second-order valence-electron chi connectivity index (χ2n) is 33.8. The van der Waals surface area contributed by atoms with Crippen molar-refractivity contribution < 1.29 is 92.1 Å². The van der Waals surface area contributed by atoms with Gasteiger partial charge in [0.2, 0.25) is 0 Å². The summed E-state index contributed by atoms with van der Waals surface area (Å²) in [5, 5.41) is 62.4. The van der Waals surface area contributed by atoms with Crippen molar-refractivity contribution in [1.82, 2.24) is 44.4 Å². The number of aromatic amines is 3. The summed E-state index contributed by atoms with van der Waals surface area (Å²) in [5.74, 6) is -14.4. The van der Waals surface area contributed by atoms with Crippen LogP contribution in [0.15, 0.2) is 91.0 Å². The summed E-state index contributed by atoms with van der Waals surface area (Å²) in [4.78, 5) is 20.2. The summed E-state index contributed by atoms with van der Waals surface area (Å²) in [7, 11) is 0. The summed E-state index contributed by atoms with van der Waals surface area (Å²) in [6.07, 6.45) is 4.08. The molecule has 6 aliphatic rings. The van der Waals surface area contributed by atoms with Crippen LogP contribution in [-0.2, 0) is 19.3 Å². The molecule has 2 unspecified atom stereocenters. The third kappa shape index (κ3) is 18.3. The molecule has 0 spiro atoms. The summed E-state index contributed by atoms with van der Waals surface area (Å²) < 4.78 is 210. The topological polar surface area (TPSA) is 188 Å². The molecule has 636 valence electrons. The normalized spacial score (nSPS) is 22.2. The fourth-order valence-corrected chi connectivity index (χ4v) is 18.4. The summed E-state index contributed by atoms with van der Waals surface area (Å²) in [6.45, 7) is 13.6. The molecule has 9 aromatic rings. The maximum atomic E-state index is 15.9. The van der Waals surface area contributed by atoms with E-state index < -0.39 is 162 Å². The van der Waals surface area contributed by atoms with Crippen LogP contribution in [-0.4, -0.2) is 209 Å². The summed E-state index contributed by atoms with van der Waals surface area (Å²) in [6, 6.07) is 14.0. The molecule has 3 saturated heterocycles. The van der Waals surface area contributed by atoms with Gasteiger partial charge >= 0.3 is 0 Å². The molecule has 0 amide bonds. The number of hydrogen-bond donors (Lipinski definition) is 9. The molecule has 3 aromatic heterocycles. The lowest BCUT2D eigenvalue weighted by Gasteiger charge is -2.43. The van der Waals surface area contributed by atoms with Crippen molar-refractivity contribution in [3.63, 3.8) is 0 Å². The Hall–Kier alpha value is -7.52. The Morgan fingerprint density at radius 3 is 0.880 bits per heavy atom. The minimum atomic E-state index is -3.51. The SMILES string of the molecule is CCCCN1CC(C(O)c2cc(F)c([C@@H]3c4[nH]c5ccc(F)cc5c4C[C@@H](C)N3CC(C)(F)CO)c(F)c2)C1.CCCCN1CC([C@@H](O)c2cc(F)c([C@@H]3c4[nH]c5ccc(F)cc5c4C[C@@H](C)N3CC(F)(F)CO)c(F)c2)C1.CCCCN1CC([C@H](O)c2cc(F)c([C@@H]3c4[nH]c5ccc(F)cc5c4C[C@@H](C)N3CC(F)(F)CO)c(F)c2)C1. The van der Waals surface area contributed by atoms with Gasteiger partial charge in [-0.3, -0.25) is 14.7 Å². The Balaban J connectivity index is 0.000000152. The van der Waals surface area contributed by atoms with Crippen LogP contribution >= 0.6 is 0 Å². The van der Waals surface area contributed by atoms with Crippen molar-refractivity contribution in [2.24, 2.45) is 17.8 Å². The molecule has 9 heterocycles. The molecule has 6 aromatic carbocycles. The van der Waals surface area contributed by atoms with Gasteiger partial charge in [-0.15, -0.1) is 0 Å².